The van der Waals surface area contributed by atoms with Crippen molar-refractivity contribution in [3.05, 3.63) is 0 Å². The summed E-state index contributed by atoms with van der Waals surface area (Å²) in [6.45, 7) is 3.25. The summed E-state index contributed by atoms with van der Waals surface area (Å²) in [6.07, 6.45) is 2.91. The maximum Gasteiger partial charge on any atom is 0.314 e. The van der Waals surface area contributed by atoms with E-state index >= 15 is 0 Å². The fourth-order valence-corrected chi connectivity index (χ4v) is 1.19. The second-order valence-corrected chi connectivity index (χ2v) is 4.42. The normalized spacial score (nSPS) is 16.9. The van der Waals surface area contributed by atoms with Gasteiger partial charge in [-0.25, -0.2) is 4.79 Å². The fourth-order valence-electron chi connectivity index (χ4n) is 1.19. The van der Waals surface area contributed by atoms with E-state index in [4.69, 9.17) is 5.11 Å². The number of carboxylic acid groups (broad SMARTS) is 1. The highest BCUT2D eigenvalue weighted by molar-refractivity contribution is 5.74. The van der Waals surface area contributed by atoms with Gasteiger partial charge >= 0.3 is 12.0 Å². The Morgan fingerprint density at radius 1 is 1.33 bits per heavy atom. The first-order chi connectivity index (χ1) is 7.02. The Bertz CT molecular complexity index is 249. The number of hydrogen-bond donors (Lipinski definition) is 3. The molecule has 1 rings (SSSR count). The number of amides is 2. The molecular formula is C10H18N2O3. The van der Waals surface area contributed by atoms with Crippen LogP contribution in [0.5, 0.6) is 0 Å². The van der Waals surface area contributed by atoms with Crippen LogP contribution >= 0.6 is 0 Å². The molecule has 0 atom stereocenters. The van der Waals surface area contributed by atoms with Gasteiger partial charge in [0.1, 0.15) is 0 Å². The standard InChI is InChI=1S/C10H18N2O3/c1-10(4-5-10)7-12-9(15)11-6-2-3-8(13)14/h2-7H2,1H3,(H,13,14)(H2,11,12,15). The number of carbonyl (C=O) groups excluding carboxylic acids is 1. The third-order valence-corrected chi connectivity index (χ3v) is 2.63. The number of aliphatic carboxylic acids is 1. The zero-order valence-electron chi connectivity index (χ0n) is 9.01. The summed E-state index contributed by atoms with van der Waals surface area (Å²) in [4.78, 5) is 21.4. The van der Waals surface area contributed by atoms with Gasteiger partial charge in [0.2, 0.25) is 0 Å². The lowest BCUT2D eigenvalue weighted by Gasteiger charge is -2.10. The van der Waals surface area contributed by atoms with Crippen LogP contribution in [0.1, 0.15) is 32.6 Å². The number of carboxylic acids is 1. The Morgan fingerprint density at radius 3 is 2.53 bits per heavy atom. The summed E-state index contributed by atoms with van der Waals surface area (Å²) in [5.41, 5.74) is 0.304. The van der Waals surface area contributed by atoms with Crippen LogP contribution in [0, 0.1) is 5.41 Å². The van der Waals surface area contributed by atoms with Crippen LogP contribution in [0.3, 0.4) is 0 Å². The third-order valence-electron chi connectivity index (χ3n) is 2.63. The SMILES string of the molecule is CC1(CNC(=O)NCCCC(=O)O)CC1. The second-order valence-electron chi connectivity index (χ2n) is 4.42. The lowest BCUT2D eigenvalue weighted by atomic mass is 10.1. The molecule has 5 heteroatoms. The van der Waals surface area contributed by atoms with Crippen molar-refractivity contribution in [1.29, 1.82) is 0 Å². The first-order valence-corrected chi connectivity index (χ1v) is 5.25. The van der Waals surface area contributed by atoms with Gasteiger partial charge in [0, 0.05) is 19.5 Å². The highest BCUT2D eigenvalue weighted by Crippen LogP contribution is 2.43. The van der Waals surface area contributed by atoms with Gasteiger partial charge in [-0.2, -0.15) is 0 Å². The summed E-state index contributed by atoms with van der Waals surface area (Å²) in [5, 5.41) is 13.8. The van der Waals surface area contributed by atoms with Crippen molar-refractivity contribution in [2.45, 2.75) is 32.6 Å². The van der Waals surface area contributed by atoms with E-state index in [2.05, 4.69) is 17.6 Å². The Kier molecular flexibility index (Phi) is 3.94. The van der Waals surface area contributed by atoms with Crippen LogP contribution in [0.2, 0.25) is 0 Å². The molecule has 1 aliphatic carbocycles. The van der Waals surface area contributed by atoms with Gasteiger partial charge in [-0.05, 0) is 24.7 Å². The van der Waals surface area contributed by atoms with E-state index in [0.717, 1.165) is 0 Å². The maximum absolute atomic E-state index is 11.2. The molecule has 1 fully saturated rings. The summed E-state index contributed by atoms with van der Waals surface area (Å²) in [5.74, 6) is -0.831. The molecule has 0 radical (unpaired) electrons. The molecular weight excluding hydrogens is 196 g/mol. The molecule has 0 bridgehead atoms. The van der Waals surface area contributed by atoms with Crippen LogP contribution in [-0.2, 0) is 4.79 Å². The monoisotopic (exact) mass is 214 g/mol. The molecule has 0 aromatic heterocycles. The molecule has 1 saturated carbocycles. The molecule has 86 valence electrons. The van der Waals surface area contributed by atoms with Gasteiger partial charge in [0.15, 0.2) is 0 Å². The van der Waals surface area contributed by atoms with E-state index in [1.165, 1.54) is 12.8 Å². The summed E-state index contributed by atoms with van der Waals surface area (Å²) in [6, 6.07) is -0.200. The molecule has 0 unspecified atom stereocenters. The van der Waals surface area contributed by atoms with Gasteiger partial charge in [-0.3, -0.25) is 4.79 Å². The van der Waals surface area contributed by atoms with E-state index in [1.54, 1.807) is 0 Å². The Labute approximate surface area is 89.2 Å². The maximum atomic E-state index is 11.2. The molecule has 2 amide bonds. The predicted octanol–water partition coefficient (Wildman–Crippen LogP) is 0.950. The fraction of sp³-hybridized carbons (Fsp3) is 0.800. The van der Waals surface area contributed by atoms with Crippen molar-refractivity contribution in [3.8, 4) is 0 Å². The van der Waals surface area contributed by atoms with Gasteiger partial charge in [0.25, 0.3) is 0 Å². The van der Waals surface area contributed by atoms with Crippen LogP contribution in [-0.4, -0.2) is 30.2 Å². The Balaban J connectivity index is 1.96. The van der Waals surface area contributed by atoms with E-state index in [1.807, 2.05) is 0 Å². The Morgan fingerprint density at radius 2 is 2.00 bits per heavy atom. The summed E-state index contributed by atoms with van der Waals surface area (Å²) < 4.78 is 0. The van der Waals surface area contributed by atoms with Crippen molar-refractivity contribution in [1.82, 2.24) is 10.6 Å². The van der Waals surface area contributed by atoms with Crippen molar-refractivity contribution >= 4 is 12.0 Å². The predicted molar refractivity (Wildman–Crippen MR) is 55.6 cm³/mol. The van der Waals surface area contributed by atoms with Gasteiger partial charge in [0.05, 0.1) is 0 Å². The molecule has 5 nitrogen and oxygen atoms in total. The van der Waals surface area contributed by atoms with E-state index in [-0.39, 0.29) is 12.5 Å². The first kappa shape index (κ1) is 11.8. The summed E-state index contributed by atoms with van der Waals surface area (Å²) >= 11 is 0. The van der Waals surface area contributed by atoms with Crippen molar-refractivity contribution in [3.63, 3.8) is 0 Å². The van der Waals surface area contributed by atoms with E-state index in [0.29, 0.717) is 24.9 Å². The third kappa shape index (κ3) is 5.24. The average molecular weight is 214 g/mol. The highest BCUT2D eigenvalue weighted by atomic mass is 16.4. The molecule has 1 aliphatic rings. The van der Waals surface area contributed by atoms with Crippen molar-refractivity contribution in [2.24, 2.45) is 5.41 Å². The smallest absolute Gasteiger partial charge is 0.314 e. The van der Waals surface area contributed by atoms with Gasteiger partial charge in [-0.1, -0.05) is 6.92 Å². The number of urea groups is 1. The molecule has 15 heavy (non-hydrogen) atoms. The molecule has 0 aromatic carbocycles. The van der Waals surface area contributed by atoms with E-state index < -0.39 is 5.97 Å². The number of carbonyl (C=O) groups is 2. The lowest BCUT2D eigenvalue weighted by molar-refractivity contribution is -0.137. The van der Waals surface area contributed by atoms with Crippen molar-refractivity contribution in [2.75, 3.05) is 13.1 Å². The lowest BCUT2D eigenvalue weighted by Crippen LogP contribution is -2.38. The largest absolute Gasteiger partial charge is 0.481 e. The molecule has 0 aliphatic heterocycles. The minimum atomic E-state index is -0.831. The highest BCUT2D eigenvalue weighted by Gasteiger charge is 2.37. The van der Waals surface area contributed by atoms with Crippen LogP contribution in [0.4, 0.5) is 4.79 Å². The quantitative estimate of drug-likeness (QED) is 0.576. The van der Waals surface area contributed by atoms with Gasteiger partial charge in [-0.15, -0.1) is 0 Å². The average Bonchev–Trinajstić information content (AvgIpc) is 2.89. The zero-order valence-corrected chi connectivity index (χ0v) is 9.01. The van der Waals surface area contributed by atoms with Crippen molar-refractivity contribution < 1.29 is 14.7 Å². The molecule has 3 N–H and O–H groups in total. The van der Waals surface area contributed by atoms with Gasteiger partial charge < -0.3 is 15.7 Å². The minimum absolute atomic E-state index is 0.0952. The zero-order chi connectivity index (χ0) is 11.3. The molecule has 0 aromatic rings. The number of nitrogens with one attached hydrogen (secondary N) is 2. The first-order valence-electron chi connectivity index (χ1n) is 5.25. The van der Waals surface area contributed by atoms with E-state index in [9.17, 15) is 9.59 Å². The molecule has 0 spiro atoms. The van der Waals surface area contributed by atoms with Crippen LogP contribution in [0.25, 0.3) is 0 Å². The molecule has 0 saturated heterocycles. The summed E-state index contributed by atoms with van der Waals surface area (Å²) in [7, 11) is 0. The van der Waals surface area contributed by atoms with Crippen LogP contribution < -0.4 is 10.6 Å². The number of rotatable bonds is 6. The number of hydrogen-bond acceptors (Lipinski definition) is 2. The minimum Gasteiger partial charge on any atom is -0.481 e. The topological polar surface area (TPSA) is 78.4 Å². The Hall–Kier alpha value is -1.26. The second kappa shape index (κ2) is 5.00. The molecule has 0 heterocycles. The van der Waals surface area contributed by atoms with Crippen LogP contribution in [0.15, 0.2) is 0 Å².